The van der Waals surface area contributed by atoms with Crippen molar-refractivity contribution in [1.29, 1.82) is 0 Å². The number of amides is 2. The molecule has 110 valence electrons. The molecule has 0 radical (unpaired) electrons. The average molecular weight is 284 g/mol. The Balaban J connectivity index is 2.41. The summed E-state index contributed by atoms with van der Waals surface area (Å²) in [6, 6.07) is 4.27. The Kier molecular flexibility index (Phi) is 6.45. The zero-order valence-corrected chi connectivity index (χ0v) is 10.8. The number of aliphatic hydroxyl groups excluding tert-OH is 1. The van der Waals surface area contributed by atoms with E-state index in [1.54, 1.807) is 0 Å². The van der Waals surface area contributed by atoms with E-state index in [1.165, 1.54) is 24.3 Å². The molecule has 0 spiro atoms. The lowest BCUT2D eigenvalue weighted by Crippen LogP contribution is -2.39. The molecule has 6 nitrogen and oxygen atoms in total. The molecule has 0 aromatic heterocycles. The number of aliphatic hydroxyl groups is 1. The molecule has 2 amide bonds. The van der Waals surface area contributed by atoms with Gasteiger partial charge in [-0.3, -0.25) is 4.79 Å². The number of carboxylic acids is 1. The molecule has 0 aliphatic heterocycles. The molecule has 0 aliphatic rings. The predicted octanol–water partition coefficient (Wildman–Crippen LogP) is 1.02. The second kappa shape index (κ2) is 8.11. The topological polar surface area (TPSA) is 98.7 Å². The van der Waals surface area contributed by atoms with Crippen LogP contribution in [0.25, 0.3) is 0 Å². The minimum Gasteiger partial charge on any atom is -0.481 e. The van der Waals surface area contributed by atoms with E-state index in [1.807, 2.05) is 0 Å². The van der Waals surface area contributed by atoms with Crippen molar-refractivity contribution in [3.63, 3.8) is 0 Å². The van der Waals surface area contributed by atoms with Crippen molar-refractivity contribution >= 4 is 12.0 Å². The van der Waals surface area contributed by atoms with Crippen LogP contribution in [0.1, 0.15) is 24.4 Å². The van der Waals surface area contributed by atoms with Crippen molar-refractivity contribution in [2.45, 2.75) is 18.9 Å². The minimum atomic E-state index is -0.924. The summed E-state index contributed by atoms with van der Waals surface area (Å²) in [7, 11) is 0. The normalized spacial score (nSPS) is 11.7. The largest absolute Gasteiger partial charge is 0.481 e. The zero-order chi connectivity index (χ0) is 15.0. The van der Waals surface area contributed by atoms with Gasteiger partial charge in [-0.05, 0) is 24.1 Å². The average Bonchev–Trinajstić information content (AvgIpc) is 2.42. The molecular formula is C13H17FN2O4. The number of urea groups is 1. The van der Waals surface area contributed by atoms with E-state index < -0.39 is 23.9 Å². The van der Waals surface area contributed by atoms with Crippen molar-refractivity contribution < 1.29 is 24.2 Å². The third-order valence-electron chi connectivity index (χ3n) is 2.61. The van der Waals surface area contributed by atoms with Gasteiger partial charge in [0.2, 0.25) is 0 Å². The maximum Gasteiger partial charge on any atom is 0.315 e. The third kappa shape index (κ3) is 5.66. The van der Waals surface area contributed by atoms with Crippen molar-refractivity contribution in [2.24, 2.45) is 0 Å². The fourth-order valence-corrected chi connectivity index (χ4v) is 1.58. The molecule has 1 aromatic rings. The molecular weight excluding hydrogens is 267 g/mol. The summed E-state index contributed by atoms with van der Waals surface area (Å²) < 4.78 is 12.8. The van der Waals surface area contributed by atoms with Gasteiger partial charge in [-0.1, -0.05) is 12.1 Å². The van der Waals surface area contributed by atoms with E-state index in [9.17, 15) is 19.1 Å². The summed E-state index contributed by atoms with van der Waals surface area (Å²) in [5.41, 5.74) is 0.578. The summed E-state index contributed by atoms with van der Waals surface area (Å²) >= 11 is 0. The van der Waals surface area contributed by atoms with E-state index in [-0.39, 0.29) is 19.6 Å². The monoisotopic (exact) mass is 284 g/mol. The van der Waals surface area contributed by atoms with Gasteiger partial charge in [-0.25, -0.2) is 9.18 Å². The van der Waals surface area contributed by atoms with Gasteiger partial charge in [0.15, 0.2) is 0 Å². The van der Waals surface area contributed by atoms with Crippen LogP contribution < -0.4 is 10.6 Å². The van der Waals surface area contributed by atoms with Crippen molar-refractivity contribution in [3.8, 4) is 0 Å². The number of rotatable bonds is 7. The highest BCUT2D eigenvalue weighted by molar-refractivity contribution is 5.74. The van der Waals surface area contributed by atoms with Crippen LogP contribution in [0.5, 0.6) is 0 Å². The van der Waals surface area contributed by atoms with Crippen LogP contribution in [0, 0.1) is 5.82 Å². The molecule has 1 aromatic carbocycles. The van der Waals surface area contributed by atoms with E-state index in [0.29, 0.717) is 12.0 Å². The Morgan fingerprint density at radius 1 is 1.25 bits per heavy atom. The van der Waals surface area contributed by atoms with E-state index in [4.69, 9.17) is 5.11 Å². The Morgan fingerprint density at radius 3 is 2.45 bits per heavy atom. The molecule has 0 saturated heterocycles. The maximum absolute atomic E-state index is 12.8. The fourth-order valence-electron chi connectivity index (χ4n) is 1.58. The zero-order valence-electron chi connectivity index (χ0n) is 10.8. The quantitative estimate of drug-likeness (QED) is 0.562. The summed E-state index contributed by atoms with van der Waals surface area (Å²) in [5.74, 6) is -1.32. The minimum absolute atomic E-state index is 0.0261. The first kappa shape index (κ1) is 15.9. The van der Waals surface area contributed by atoms with Crippen LogP contribution in [-0.4, -0.2) is 35.4 Å². The lowest BCUT2D eigenvalue weighted by Gasteiger charge is -2.17. The Hall–Kier alpha value is -2.15. The lowest BCUT2D eigenvalue weighted by atomic mass is 10.1. The molecule has 0 bridgehead atoms. The Labute approximate surface area is 115 Å². The fraction of sp³-hybridized carbons (Fsp3) is 0.385. The first-order valence-electron chi connectivity index (χ1n) is 6.15. The molecule has 1 unspecified atom stereocenters. The van der Waals surface area contributed by atoms with Gasteiger partial charge < -0.3 is 20.8 Å². The third-order valence-corrected chi connectivity index (χ3v) is 2.61. The van der Waals surface area contributed by atoms with Gasteiger partial charge in [0.25, 0.3) is 0 Å². The smallest absolute Gasteiger partial charge is 0.315 e. The number of carbonyl (C=O) groups is 2. The standard InChI is InChI=1S/C13H17FN2O4/c14-10-5-3-9(4-6-10)11(8-17)16-13(20)15-7-1-2-12(18)19/h3-6,11,17H,1-2,7-8H2,(H,18,19)(H2,15,16,20). The Morgan fingerprint density at radius 2 is 1.90 bits per heavy atom. The Bertz CT molecular complexity index is 450. The number of benzene rings is 1. The molecule has 20 heavy (non-hydrogen) atoms. The van der Waals surface area contributed by atoms with E-state index >= 15 is 0 Å². The number of nitrogens with one attached hydrogen (secondary N) is 2. The first-order valence-corrected chi connectivity index (χ1v) is 6.15. The van der Waals surface area contributed by atoms with Crippen molar-refractivity contribution in [3.05, 3.63) is 35.6 Å². The van der Waals surface area contributed by atoms with E-state index in [2.05, 4.69) is 10.6 Å². The summed E-state index contributed by atoms with van der Waals surface area (Å²) in [4.78, 5) is 21.8. The number of carboxylic acid groups (broad SMARTS) is 1. The number of hydrogen-bond acceptors (Lipinski definition) is 3. The van der Waals surface area contributed by atoms with Crippen LogP contribution in [0.3, 0.4) is 0 Å². The molecule has 0 saturated carbocycles. The predicted molar refractivity (Wildman–Crippen MR) is 69.6 cm³/mol. The van der Waals surface area contributed by atoms with Crippen molar-refractivity contribution in [1.82, 2.24) is 10.6 Å². The molecule has 1 atom stereocenters. The molecule has 4 N–H and O–H groups in total. The van der Waals surface area contributed by atoms with Gasteiger partial charge in [0.1, 0.15) is 5.82 Å². The van der Waals surface area contributed by atoms with Gasteiger partial charge in [0, 0.05) is 13.0 Å². The number of hydrogen-bond donors (Lipinski definition) is 4. The molecule has 1 rings (SSSR count). The summed E-state index contributed by atoms with van der Waals surface area (Å²) in [6.07, 6.45) is 0.296. The van der Waals surface area contributed by atoms with Crippen LogP contribution in [0.4, 0.5) is 9.18 Å². The van der Waals surface area contributed by atoms with Crippen LogP contribution in [-0.2, 0) is 4.79 Å². The summed E-state index contributed by atoms with van der Waals surface area (Å²) in [5, 5.41) is 22.7. The molecule has 0 fully saturated rings. The number of carbonyl (C=O) groups excluding carboxylic acids is 1. The van der Waals surface area contributed by atoms with Crippen LogP contribution in [0.15, 0.2) is 24.3 Å². The highest BCUT2D eigenvalue weighted by Gasteiger charge is 2.13. The van der Waals surface area contributed by atoms with Gasteiger partial charge >= 0.3 is 12.0 Å². The van der Waals surface area contributed by atoms with E-state index in [0.717, 1.165) is 0 Å². The van der Waals surface area contributed by atoms with Crippen LogP contribution in [0.2, 0.25) is 0 Å². The number of aliphatic carboxylic acids is 1. The number of halogens is 1. The van der Waals surface area contributed by atoms with Gasteiger partial charge in [-0.15, -0.1) is 0 Å². The molecule has 0 heterocycles. The first-order chi connectivity index (χ1) is 9.52. The van der Waals surface area contributed by atoms with Crippen LogP contribution >= 0.6 is 0 Å². The maximum atomic E-state index is 12.8. The van der Waals surface area contributed by atoms with Gasteiger partial charge in [-0.2, -0.15) is 0 Å². The molecule has 7 heteroatoms. The molecule has 0 aliphatic carbocycles. The van der Waals surface area contributed by atoms with Crippen molar-refractivity contribution in [2.75, 3.05) is 13.2 Å². The second-order valence-electron chi connectivity index (χ2n) is 4.18. The highest BCUT2D eigenvalue weighted by Crippen LogP contribution is 2.12. The lowest BCUT2D eigenvalue weighted by molar-refractivity contribution is -0.137. The highest BCUT2D eigenvalue weighted by atomic mass is 19.1. The summed E-state index contributed by atoms with van der Waals surface area (Å²) in [6.45, 7) is -0.103. The SMILES string of the molecule is O=C(O)CCCNC(=O)NC(CO)c1ccc(F)cc1. The van der Waals surface area contributed by atoms with Gasteiger partial charge in [0.05, 0.1) is 12.6 Å². The second-order valence-corrected chi connectivity index (χ2v) is 4.18.